The molecule has 1 fully saturated rings. The van der Waals surface area contributed by atoms with Crippen molar-refractivity contribution >= 4 is 23.4 Å². The van der Waals surface area contributed by atoms with E-state index in [1.807, 2.05) is 0 Å². The van der Waals surface area contributed by atoms with Crippen molar-refractivity contribution in [2.75, 3.05) is 7.05 Å². The van der Waals surface area contributed by atoms with Gasteiger partial charge in [-0.15, -0.1) is 0 Å². The van der Waals surface area contributed by atoms with Crippen LogP contribution in [0, 0.1) is 18.8 Å². The number of fused-ring (bicyclic) bond motifs is 1. The summed E-state index contributed by atoms with van der Waals surface area (Å²) < 4.78 is 61.1. The second kappa shape index (κ2) is 13.0. The minimum Gasteiger partial charge on any atom is -0.357 e. The Bertz CT molecular complexity index is 1450. The van der Waals surface area contributed by atoms with Crippen molar-refractivity contribution in [3.8, 4) is 0 Å². The van der Waals surface area contributed by atoms with Gasteiger partial charge in [0.1, 0.15) is 11.7 Å². The summed E-state index contributed by atoms with van der Waals surface area (Å²) in [4.78, 5) is 43.0. The normalized spacial score (nSPS) is 17.5. The highest BCUT2D eigenvalue weighted by Crippen LogP contribution is 2.41. The maximum Gasteiger partial charge on any atom is 0.276 e. The van der Waals surface area contributed by atoms with Gasteiger partial charge >= 0.3 is 0 Å². The SMILES string of the molecule is CNC(=O)[C@H](NC(=O)C(CC(F)F)c1cnn2cc([C@@H](NC(=O)c3nonc3C)C3CCC(F)(F)CC3)nc2c1)C(C)C. The van der Waals surface area contributed by atoms with E-state index in [9.17, 15) is 31.9 Å². The summed E-state index contributed by atoms with van der Waals surface area (Å²) >= 11 is 0. The minimum atomic E-state index is -2.83. The van der Waals surface area contributed by atoms with Gasteiger partial charge < -0.3 is 16.0 Å². The fraction of sp³-hybridized carbons (Fsp3) is 0.593. The monoisotopic (exact) mass is 610 g/mol. The van der Waals surface area contributed by atoms with Crippen LogP contribution in [0.3, 0.4) is 0 Å². The van der Waals surface area contributed by atoms with E-state index < -0.39 is 60.4 Å². The Hall–Kier alpha value is -4.11. The molecule has 3 amide bonds. The first-order valence-corrected chi connectivity index (χ1v) is 13.9. The van der Waals surface area contributed by atoms with Gasteiger partial charge in [0.25, 0.3) is 5.91 Å². The first-order chi connectivity index (χ1) is 20.3. The minimum absolute atomic E-state index is 0.0624. The number of hydrogen-bond donors (Lipinski definition) is 3. The molecule has 0 radical (unpaired) electrons. The average molecular weight is 611 g/mol. The molecule has 12 nitrogen and oxygen atoms in total. The van der Waals surface area contributed by atoms with Crippen LogP contribution < -0.4 is 16.0 Å². The van der Waals surface area contributed by atoms with Gasteiger partial charge in [-0.05, 0) is 48.4 Å². The lowest BCUT2D eigenvalue weighted by Gasteiger charge is -2.33. The summed E-state index contributed by atoms with van der Waals surface area (Å²) in [5.41, 5.74) is 0.812. The van der Waals surface area contributed by atoms with Crippen LogP contribution in [0.1, 0.15) is 85.4 Å². The lowest BCUT2D eigenvalue weighted by atomic mass is 9.81. The Labute approximate surface area is 244 Å². The standard InChI is InChI=1S/C27H34F4N8O4/c1-13(2)21(25(41)32-4)35-24(40)17(10-19(28)29)16-9-20-34-18(12-39(20)33-11-16)23(15-5-7-27(30,31)8-6-15)36-26(42)22-14(3)37-43-38-22/h9,11-13,15,17,19,21,23H,5-8,10H2,1-4H3,(H,32,41)(H,35,40)(H,36,42)/t17?,21-,23+/m1/s1. The number of rotatable bonds is 11. The third kappa shape index (κ3) is 7.46. The highest BCUT2D eigenvalue weighted by molar-refractivity contribution is 5.93. The van der Waals surface area contributed by atoms with Gasteiger partial charge in [0.05, 0.1) is 30.0 Å². The molecule has 1 aliphatic carbocycles. The van der Waals surface area contributed by atoms with Crippen LogP contribution in [0.2, 0.25) is 0 Å². The Morgan fingerprint density at radius 1 is 1.12 bits per heavy atom. The molecule has 16 heteroatoms. The summed E-state index contributed by atoms with van der Waals surface area (Å²) in [7, 11) is 1.41. The maximum absolute atomic E-state index is 14.0. The zero-order valence-corrected chi connectivity index (χ0v) is 24.1. The predicted molar refractivity (Wildman–Crippen MR) is 143 cm³/mol. The molecule has 4 rings (SSSR count). The van der Waals surface area contributed by atoms with Gasteiger partial charge in [-0.1, -0.05) is 19.0 Å². The first-order valence-electron chi connectivity index (χ1n) is 13.9. The van der Waals surface area contributed by atoms with E-state index in [4.69, 9.17) is 0 Å². The summed E-state index contributed by atoms with van der Waals surface area (Å²) in [6.45, 7) is 4.96. The molecule has 3 aromatic rings. The maximum atomic E-state index is 14.0. The van der Waals surface area contributed by atoms with Crippen LogP contribution >= 0.6 is 0 Å². The number of amides is 3. The fourth-order valence-corrected chi connectivity index (χ4v) is 5.24. The second-order valence-electron chi connectivity index (χ2n) is 11.1. The van der Waals surface area contributed by atoms with E-state index in [0.29, 0.717) is 5.69 Å². The topological polar surface area (TPSA) is 156 Å². The Morgan fingerprint density at radius 2 is 1.81 bits per heavy atom. The van der Waals surface area contributed by atoms with Crippen LogP contribution in [-0.2, 0) is 9.59 Å². The number of aromatic nitrogens is 5. The van der Waals surface area contributed by atoms with E-state index in [2.05, 4.69) is 41.0 Å². The van der Waals surface area contributed by atoms with E-state index in [1.54, 1.807) is 13.8 Å². The van der Waals surface area contributed by atoms with Gasteiger partial charge in [-0.2, -0.15) is 5.10 Å². The molecule has 3 heterocycles. The van der Waals surface area contributed by atoms with Crippen molar-refractivity contribution in [1.82, 2.24) is 40.9 Å². The molecule has 0 spiro atoms. The number of nitrogens with zero attached hydrogens (tertiary/aromatic N) is 5. The summed E-state index contributed by atoms with van der Waals surface area (Å²) in [6, 6.07) is -0.333. The molecular weight excluding hydrogens is 576 g/mol. The van der Waals surface area contributed by atoms with Gasteiger partial charge in [-0.3, -0.25) is 14.4 Å². The number of aryl methyl sites for hydroxylation is 1. The number of carbonyl (C=O) groups excluding carboxylic acids is 3. The Morgan fingerprint density at radius 3 is 2.40 bits per heavy atom. The van der Waals surface area contributed by atoms with Crippen LogP contribution in [0.4, 0.5) is 17.6 Å². The molecule has 43 heavy (non-hydrogen) atoms. The molecule has 3 N–H and O–H groups in total. The van der Waals surface area contributed by atoms with E-state index >= 15 is 0 Å². The highest BCUT2D eigenvalue weighted by atomic mass is 19.3. The second-order valence-corrected chi connectivity index (χ2v) is 11.1. The number of halogens is 4. The average Bonchev–Trinajstić information content (AvgIpc) is 3.58. The van der Waals surface area contributed by atoms with E-state index in [1.165, 1.54) is 36.9 Å². The number of nitrogens with one attached hydrogen (secondary N) is 3. The largest absolute Gasteiger partial charge is 0.357 e. The van der Waals surface area contributed by atoms with Crippen molar-refractivity contribution in [3.63, 3.8) is 0 Å². The van der Waals surface area contributed by atoms with Crippen molar-refractivity contribution < 1.29 is 36.6 Å². The summed E-state index contributed by atoms with van der Waals surface area (Å²) in [6.07, 6.45) is -1.39. The molecule has 1 saturated carbocycles. The molecule has 3 aromatic heterocycles. The van der Waals surface area contributed by atoms with Gasteiger partial charge in [0, 0.05) is 26.3 Å². The van der Waals surface area contributed by atoms with Gasteiger partial charge in [0.15, 0.2) is 11.3 Å². The number of alkyl halides is 4. The molecule has 3 atom stereocenters. The highest BCUT2D eigenvalue weighted by Gasteiger charge is 2.40. The molecule has 0 bridgehead atoms. The zero-order valence-electron chi connectivity index (χ0n) is 24.1. The zero-order chi connectivity index (χ0) is 31.5. The number of likely N-dealkylation sites (N-methyl/N-ethyl adjacent to an activating group) is 1. The summed E-state index contributed by atoms with van der Waals surface area (Å²) in [5, 5.41) is 19.3. The smallest absolute Gasteiger partial charge is 0.276 e. The van der Waals surface area contributed by atoms with Crippen LogP contribution in [0.25, 0.3) is 5.65 Å². The Balaban J connectivity index is 1.66. The van der Waals surface area contributed by atoms with E-state index in [-0.39, 0.29) is 54.2 Å². The first kappa shape index (κ1) is 31.8. The van der Waals surface area contributed by atoms with Gasteiger partial charge in [0.2, 0.25) is 24.2 Å². The third-order valence-corrected chi connectivity index (χ3v) is 7.69. The van der Waals surface area contributed by atoms with Crippen LogP contribution in [0.15, 0.2) is 23.1 Å². The molecular formula is C27H34F4N8O4. The molecule has 234 valence electrons. The van der Waals surface area contributed by atoms with Crippen molar-refractivity contribution in [2.45, 2.75) is 83.2 Å². The Kier molecular flexibility index (Phi) is 9.65. The summed E-state index contributed by atoms with van der Waals surface area (Å²) in [5.74, 6) is -6.72. The lowest BCUT2D eigenvalue weighted by Crippen LogP contribution is -2.50. The predicted octanol–water partition coefficient (Wildman–Crippen LogP) is 3.34. The fourth-order valence-electron chi connectivity index (χ4n) is 5.24. The quantitative estimate of drug-likeness (QED) is 0.279. The number of carbonyl (C=O) groups is 3. The molecule has 0 aliphatic heterocycles. The van der Waals surface area contributed by atoms with Crippen molar-refractivity contribution in [3.05, 3.63) is 41.1 Å². The van der Waals surface area contributed by atoms with E-state index in [0.717, 1.165) is 0 Å². The van der Waals surface area contributed by atoms with Crippen molar-refractivity contribution in [2.24, 2.45) is 11.8 Å². The molecule has 0 aromatic carbocycles. The number of hydrogen-bond acceptors (Lipinski definition) is 8. The molecule has 1 unspecified atom stereocenters. The van der Waals surface area contributed by atoms with Crippen molar-refractivity contribution in [1.29, 1.82) is 0 Å². The van der Waals surface area contributed by atoms with Crippen LogP contribution in [0.5, 0.6) is 0 Å². The van der Waals surface area contributed by atoms with Gasteiger partial charge in [-0.25, -0.2) is 31.7 Å². The molecule has 1 aliphatic rings. The van der Waals surface area contributed by atoms with Crippen LogP contribution in [-0.4, -0.2) is 68.1 Å². The number of imidazole rings is 1. The third-order valence-electron chi connectivity index (χ3n) is 7.69. The molecule has 0 saturated heterocycles. The lowest BCUT2D eigenvalue weighted by molar-refractivity contribution is -0.131.